The molecule has 0 aromatic heterocycles. The topological polar surface area (TPSA) is 116 Å². The third-order valence-corrected chi connectivity index (χ3v) is 7.75. The van der Waals surface area contributed by atoms with Crippen molar-refractivity contribution in [1.29, 1.82) is 0 Å². The SMILES string of the molecule is Cc1cc(-c2c(C)cccc2C)cc(C(CC(=O)O)N2C=C(CCN3CC(F)C3)[C@@](C)(C(N)=O)NC2=O)c1F. The van der Waals surface area contributed by atoms with Crippen LogP contribution in [0.4, 0.5) is 13.6 Å². The summed E-state index contributed by atoms with van der Waals surface area (Å²) in [5, 5.41) is 12.4. The number of carbonyl (C=O) groups excluding carboxylic acids is 2. The van der Waals surface area contributed by atoms with E-state index in [0.717, 1.165) is 21.6 Å². The van der Waals surface area contributed by atoms with Crippen LogP contribution >= 0.6 is 0 Å². The number of urea groups is 1. The second-order valence-electron chi connectivity index (χ2n) is 10.7. The third-order valence-electron chi connectivity index (χ3n) is 7.75. The Hall–Kier alpha value is -3.79. The van der Waals surface area contributed by atoms with Crippen molar-refractivity contribution in [3.8, 4) is 11.1 Å². The van der Waals surface area contributed by atoms with E-state index < -0.39 is 47.9 Å². The number of halogens is 2. The van der Waals surface area contributed by atoms with E-state index in [2.05, 4.69) is 5.32 Å². The fourth-order valence-electron chi connectivity index (χ4n) is 5.43. The first-order valence-electron chi connectivity index (χ1n) is 12.9. The molecule has 2 aromatic carbocycles. The van der Waals surface area contributed by atoms with Gasteiger partial charge in [0.1, 0.15) is 17.5 Å². The second kappa shape index (κ2) is 10.8. The van der Waals surface area contributed by atoms with Crippen molar-refractivity contribution in [2.45, 2.75) is 58.3 Å². The van der Waals surface area contributed by atoms with E-state index in [1.165, 1.54) is 13.1 Å². The molecule has 2 aliphatic rings. The van der Waals surface area contributed by atoms with Gasteiger partial charge in [-0.05, 0) is 79.6 Å². The minimum Gasteiger partial charge on any atom is -0.481 e. The number of aryl methyl sites for hydroxylation is 3. The van der Waals surface area contributed by atoms with E-state index in [4.69, 9.17) is 5.73 Å². The average molecular weight is 541 g/mol. The lowest BCUT2D eigenvalue weighted by Gasteiger charge is -2.42. The minimum absolute atomic E-state index is 0.0477. The van der Waals surface area contributed by atoms with Gasteiger partial charge in [0.25, 0.3) is 0 Å². The Morgan fingerprint density at radius 3 is 2.38 bits per heavy atom. The molecule has 1 unspecified atom stereocenters. The summed E-state index contributed by atoms with van der Waals surface area (Å²) in [6, 6.07) is 7.12. The van der Waals surface area contributed by atoms with Crippen molar-refractivity contribution in [2.75, 3.05) is 19.6 Å². The molecule has 2 heterocycles. The van der Waals surface area contributed by atoms with Gasteiger partial charge in [0.2, 0.25) is 5.91 Å². The Balaban J connectivity index is 1.82. The zero-order valence-corrected chi connectivity index (χ0v) is 22.6. The molecule has 2 atom stereocenters. The molecule has 3 amide bonds. The summed E-state index contributed by atoms with van der Waals surface area (Å²) >= 11 is 0. The van der Waals surface area contributed by atoms with Gasteiger partial charge in [-0.1, -0.05) is 18.2 Å². The van der Waals surface area contributed by atoms with Crippen LogP contribution in [0, 0.1) is 26.6 Å². The number of hydrogen-bond donors (Lipinski definition) is 3. The van der Waals surface area contributed by atoms with Crippen LogP contribution in [0.5, 0.6) is 0 Å². The third kappa shape index (κ3) is 5.52. The van der Waals surface area contributed by atoms with Crippen LogP contribution in [0.1, 0.15) is 48.1 Å². The number of carbonyl (C=O) groups is 3. The van der Waals surface area contributed by atoms with Crippen molar-refractivity contribution in [3.05, 3.63) is 70.2 Å². The summed E-state index contributed by atoms with van der Waals surface area (Å²) in [6.45, 7) is 7.91. The molecule has 0 aliphatic carbocycles. The Kier molecular flexibility index (Phi) is 7.79. The van der Waals surface area contributed by atoms with Crippen LogP contribution in [0.3, 0.4) is 0 Å². The van der Waals surface area contributed by atoms with Crippen molar-refractivity contribution in [1.82, 2.24) is 15.1 Å². The predicted molar refractivity (Wildman–Crippen MR) is 143 cm³/mol. The van der Waals surface area contributed by atoms with E-state index in [1.54, 1.807) is 19.1 Å². The summed E-state index contributed by atoms with van der Waals surface area (Å²) < 4.78 is 29.0. The zero-order chi connectivity index (χ0) is 28.6. The zero-order valence-electron chi connectivity index (χ0n) is 22.6. The molecule has 39 heavy (non-hydrogen) atoms. The van der Waals surface area contributed by atoms with Crippen molar-refractivity contribution >= 4 is 17.9 Å². The Bertz CT molecular complexity index is 1330. The summed E-state index contributed by atoms with van der Waals surface area (Å²) in [5.74, 6) is -2.63. The number of amides is 3. The molecule has 4 rings (SSSR count). The highest BCUT2D eigenvalue weighted by molar-refractivity contribution is 5.95. The summed E-state index contributed by atoms with van der Waals surface area (Å²) in [4.78, 5) is 40.7. The van der Waals surface area contributed by atoms with Crippen molar-refractivity contribution in [2.24, 2.45) is 5.73 Å². The van der Waals surface area contributed by atoms with E-state index in [0.29, 0.717) is 23.2 Å². The smallest absolute Gasteiger partial charge is 0.323 e. The molecule has 0 bridgehead atoms. The highest BCUT2D eigenvalue weighted by atomic mass is 19.1. The maximum absolute atomic E-state index is 15.7. The summed E-state index contributed by atoms with van der Waals surface area (Å²) in [5.41, 5.74) is 8.46. The molecule has 208 valence electrons. The van der Waals surface area contributed by atoms with Gasteiger partial charge in [-0.3, -0.25) is 19.4 Å². The number of carboxylic acids is 1. The van der Waals surface area contributed by atoms with E-state index in [9.17, 15) is 23.9 Å². The van der Waals surface area contributed by atoms with Crippen LogP contribution in [0.25, 0.3) is 11.1 Å². The molecular weight excluding hydrogens is 506 g/mol. The molecular formula is C29H34F2N4O4. The van der Waals surface area contributed by atoms with Gasteiger partial charge in [0, 0.05) is 31.4 Å². The Morgan fingerprint density at radius 2 is 1.82 bits per heavy atom. The highest BCUT2D eigenvalue weighted by Crippen LogP contribution is 2.38. The monoisotopic (exact) mass is 540 g/mol. The maximum Gasteiger partial charge on any atom is 0.323 e. The van der Waals surface area contributed by atoms with Gasteiger partial charge in [0.05, 0.1) is 12.5 Å². The number of nitrogens with two attached hydrogens (primary N) is 1. The normalized spacial score (nSPS) is 20.7. The predicted octanol–water partition coefficient (Wildman–Crippen LogP) is 4.13. The van der Waals surface area contributed by atoms with Crippen molar-refractivity contribution < 1.29 is 28.3 Å². The number of rotatable bonds is 9. The fourth-order valence-corrected chi connectivity index (χ4v) is 5.43. The first-order chi connectivity index (χ1) is 18.3. The molecule has 0 radical (unpaired) electrons. The first kappa shape index (κ1) is 28.2. The fraction of sp³-hybridized carbons (Fsp3) is 0.414. The number of nitrogens with one attached hydrogen (secondary N) is 1. The number of nitrogens with zero attached hydrogens (tertiary/aromatic N) is 2. The maximum atomic E-state index is 15.7. The lowest BCUT2D eigenvalue weighted by molar-refractivity contribution is -0.138. The van der Waals surface area contributed by atoms with Gasteiger partial charge in [-0.15, -0.1) is 0 Å². The molecule has 10 heteroatoms. The van der Waals surface area contributed by atoms with Crippen LogP contribution in [-0.2, 0) is 9.59 Å². The van der Waals surface area contributed by atoms with Crippen LogP contribution in [0.15, 0.2) is 42.1 Å². The lowest BCUT2D eigenvalue weighted by atomic mass is 9.86. The van der Waals surface area contributed by atoms with Crippen LogP contribution in [0.2, 0.25) is 0 Å². The number of benzene rings is 2. The summed E-state index contributed by atoms with van der Waals surface area (Å²) in [7, 11) is 0. The summed E-state index contributed by atoms with van der Waals surface area (Å²) in [6.07, 6.45) is 0.198. The standard InChI is InChI=1S/C29H34F2N4O4/c1-16-6-5-7-17(2)25(16)19-10-18(3)26(31)22(11-19)23(12-24(36)37)35-13-20(8-9-34-14-21(30)15-34)29(4,27(32)38)33-28(35)39/h5-7,10-11,13,21,23H,8-9,12,14-15H2,1-4H3,(H2,32,38)(H,33,39)(H,36,37)/t23?,29-/m0/s1. The Morgan fingerprint density at radius 1 is 1.18 bits per heavy atom. The molecule has 1 fully saturated rings. The van der Waals surface area contributed by atoms with Gasteiger partial charge in [-0.2, -0.15) is 0 Å². The Labute approximate surface area is 226 Å². The van der Waals surface area contributed by atoms with Crippen LogP contribution < -0.4 is 11.1 Å². The van der Waals surface area contributed by atoms with E-state index >= 15 is 4.39 Å². The molecule has 0 saturated carbocycles. The largest absolute Gasteiger partial charge is 0.481 e. The first-order valence-corrected chi connectivity index (χ1v) is 12.9. The van der Waals surface area contributed by atoms with E-state index in [-0.39, 0.29) is 25.1 Å². The molecule has 0 spiro atoms. The van der Waals surface area contributed by atoms with Crippen molar-refractivity contribution in [3.63, 3.8) is 0 Å². The average Bonchev–Trinajstić information content (AvgIpc) is 2.82. The van der Waals surface area contributed by atoms with Gasteiger partial charge >= 0.3 is 12.0 Å². The molecule has 2 aromatic rings. The number of hydrogen-bond acceptors (Lipinski definition) is 4. The minimum atomic E-state index is -1.53. The molecule has 1 saturated heterocycles. The van der Waals surface area contributed by atoms with Crippen LogP contribution in [-0.4, -0.2) is 64.2 Å². The number of likely N-dealkylation sites (tertiary alicyclic amines) is 1. The number of primary amides is 1. The van der Waals surface area contributed by atoms with Gasteiger partial charge < -0.3 is 16.2 Å². The molecule has 2 aliphatic heterocycles. The number of alkyl halides is 1. The quantitative estimate of drug-likeness (QED) is 0.442. The van der Waals surface area contributed by atoms with E-state index in [1.807, 2.05) is 36.9 Å². The lowest BCUT2D eigenvalue weighted by Crippen LogP contribution is -2.62. The number of carboxylic acid groups (broad SMARTS) is 1. The molecule has 4 N–H and O–H groups in total. The highest BCUT2D eigenvalue weighted by Gasteiger charge is 2.44. The van der Waals surface area contributed by atoms with Gasteiger partial charge in [0.15, 0.2) is 0 Å². The second-order valence-corrected chi connectivity index (χ2v) is 10.7. The van der Waals surface area contributed by atoms with Gasteiger partial charge in [-0.25, -0.2) is 13.6 Å². The molecule has 8 nitrogen and oxygen atoms in total. The number of aliphatic carboxylic acids is 1.